The lowest BCUT2D eigenvalue weighted by Crippen LogP contribution is -2.22. The van der Waals surface area contributed by atoms with Crippen LogP contribution >= 0.6 is 11.8 Å². The first-order valence-electron chi connectivity index (χ1n) is 8.21. The van der Waals surface area contributed by atoms with Crippen molar-refractivity contribution in [1.82, 2.24) is 4.31 Å². The van der Waals surface area contributed by atoms with E-state index in [0.717, 1.165) is 9.20 Å². The molecular weight excluding hydrogens is 388 g/mol. The highest BCUT2D eigenvalue weighted by Gasteiger charge is 2.17. The van der Waals surface area contributed by atoms with Crippen molar-refractivity contribution in [1.29, 1.82) is 0 Å². The van der Waals surface area contributed by atoms with E-state index >= 15 is 0 Å². The molecular formula is C18H20N2O5S2. The smallest absolute Gasteiger partial charge is 0.242 e. The Labute approximate surface area is 162 Å². The average Bonchev–Trinajstić information content (AvgIpc) is 2.66. The van der Waals surface area contributed by atoms with Gasteiger partial charge in [0, 0.05) is 24.7 Å². The summed E-state index contributed by atoms with van der Waals surface area (Å²) in [5.41, 5.74) is 0.542. The zero-order valence-corrected chi connectivity index (χ0v) is 16.6. The van der Waals surface area contributed by atoms with E-state index < -0.39 is 10.0 Å². The van der Waals surface area contributed by atoms with Crippen molar-refractivity contribution in [3.8, 4) is 11.5 Å². The van der Waals surface area contributed by atoms with Crippen LogP contribution in [0, 0.1) is 0 Å². The summed E-state index contributed by atoms with van der Waals surface area (Å²) in [5, 5.41) is 2.76. The molecule has 0 fully saturated rings. The molecule has 144 valence electrons. The van der Waals surface area contributed by atoms with Gasteiger partial charge in [0.25, 0.3) is 0 Å². The van der Waals surface area contributed by atoms with E-state index in [1.807, 2.05) is 18.2 Å². The maximum atomic E-state index is 12.2. The van der Waals surface area contributed by atoms with Crippen molar-refractivity contribution < 1.29 is 22.7 Å². The fraction of sp³-hybridized carbons (Fsp3) is 0.278. The largest absolute Gasteiger partial charge is 0.486 e. The van der Waals surface area contributed by atoms with E-state index in [4.69, 9.17) is 9.47 Å². The second-order valence-electron chi connectivity index (χ2n) is 5.95. The van der Waals surface area contributed by atoms with Gasteiger partial charge >= 0.3 is 0 Å². The van der Waals surface area contributed by atoms with E-state index in [1.54, 1.807) is 12.1 Å². The Bertz CT molecular complexity index is 927. The number of rotatable bonds is 6. The monoisotopic (exact) mass is 408 g/mol. The van der Waals surface area contributed by atoms with E-state index in [1.165, 1.54) is 38.0 Å². The van der Waals surface area contributed by atoms with Gasteiger partial charge in [0.15, 0.2) is 11.5 Å². The van der Waals surface area contributed by atoms with Crippen molar-refractivity contribution in [2.45, 2.75) is 9.79 Å². The van der Waals surface area contributed by atoms with E-state index in [2.05, 4.69) is 5.32 Å². The quantitative estimate of drug-likeness (QED) is 0.739. The van der Waals surface area contributed by atoms with E-state index in [-0.39, 0.29) is 16.6 Å². The van der Waals surface area contributed by atoms with Crippen molar-refractivity contribution >= 4 is 33.4 Å². The lowest BCUT2D eigenvalue weighted by atomic mass is 10.3. The number of ether oxygens (including phenoxy) is 2. The van der Waals surface area contributed by atoms with Crippen LogP contribution in [-0.2, 0) is 14.8 Å². The number of benzene rings is 2. The number of nitrogens with one attached hydrogen (secondary N) is 1. The highest BCUT2D eigenvalue weighted by Crippen LogP contribution is 2.34. The van der Waals surface area contributed by atoms with Crippen LogP contribution in [0.15, 0.2) is 52.3 Å². The molecule has 9 heteroatoms. The number of thioether (sulfide) groups is 1. The molecule has 0 bridgehead atoms. The number of hydrogen-bond acceptors (Lipinski definition) is 6. The molecule has 3 rings (SSSR count). The van der Waals surface area contributed by atoms with Gasteiger partial charge in [-0.15, -0.1) is 11.8 Å². The van der Waals surface area contributed by atoms with Gasteiger partial charge in [0.05, 0.1) is 10.6 Å². The molecule has 1 heterocycles. The summed E-state index contributed by atoms with van der Waals surface area (Å²) >= 11 is 1.38. The van der Waals surface area contributed by atoms with Crippen LogP contribution < -0.4 is 14.8 Å². The molecule has 1 aliphatic heterocycles. The molecule has 2 aromatic rings. The van der Waals surface area contributed by atoms with Crippen LogP contribution in [-0.4, -0.2) is 51.7 Å². The second-order valence-corrected chi connectivity index (χ2v) is 9.15. The van der Waals surface area contributed by atoms with Crippen LogP contribution in [0.25, 0.3) is 0 Å². The molecule has 0 spiro atoms. The molecule has 0 radical (unpaired) electrons. The van der Waals surface area contributed by atoms with Crippen molar-refractivity contribution in [3.05, 3.63) is 42.5 Å². The lowest BCUT2D eigenvalue weighted by Gasteiger charge is -2.18. The summed E-state index contributed by atoms with van der Waals surface area (Å²) in [5.74, 6) is 1.43. The standard InChI is InChI=1S/C18H20N2O5S2/c1-20(2)27(22,23)15-6-3-13(4-7-15)19-18(21)12-26-14-5-8-16-17(11-14)25-10-9-24-16/h3-8,11H,9-10,12H2,1-2H3,(H,19,21). The molecule has 2 aromatic carbocycles. The number of hydrogen-bond donors (Lipinski definition) is 1. The minimum absolute atomic E-state index is 0.177. The summed E-state index contributed by atoms with van der Waals surface area (Å²) in [6.45, 7) is 1.05. The topological polar surface area (TPSA) is 84.9 Å². The number of anilines is 1. The normalized spacial score (nSPS) is 13.4. The molecule has 0 unspecified atom stereocenters. The Hall–Kier alpha value is -2.23. The van der Waals surface area contributed by atoms with Crippen molar-refractivity contribution in [2.75, 3.05) is 38.4 Å². The first-order valence-corrected chi connectivity index (χ1v) is 10.6. The number of amides is 1. The van der Waals surface area contributed by atoms with Crippen LogP contribution in [0.1, 0.15) is 0 Å². The van der Waals surface area contributed by atoms with Crippen molar-refractivity contribution in [2.24, 2.45) is 0 Å². The maximum absolute atomic E-state index is 12.2. The summed E-state index contributed by atoms with van der Waals surface area (Å²) < 4.78 is 36.2. The number of carbonyl (C=O) groups is 1. The zero-order chi connectivity index (χ0) is 19.4. The van der Waals surface area contributed by atoms with Crippen LogP contribution in [0.3, 0.4) is 0 Å². The average molecular weight is 409 g/mol. The van der Waals surface area contributed by atoms with Gasteiger partial charge in [-0.2, -0.15) is 0 Å². The third kappa shape index (κ3) is 4.74. The van der Waals surface area contributed by atoms with Gasteiger partial charge in [0.1, 0.15) is 13.2 Å². The highest BCUT2D eigenvalue weighted by molar-refractivity contribution is 8.00. The first kappa shape index (κ1) is 19.5. The Kier molecular flexibility index (Phi) is 5.93. The van der Waals surface area contributed by atoms with Gasteiger partial charge in [-0.25, -0.2) is 12.7 Å². The maximum Gasteiger partial charge on any atom is 0.242 e. The van der Waals surface area contributed by atoms with Crippen molar-refractivity contribution in [3.63, 3.8) is 0 Å². The molecule has 0 saturated heterocycles. The predicted octanol–water partition coefficient (Wildman–Crippen LogP) is 2.44. The summed E-state index contributed by atoms with van der Waals surface area (Å²) in [7, 11) is -0.537. The molecule has 1 amide bonds. The summed E-state index contributed by atoms with van der Waals surface area (Å²) in [6.07, 6.45) is 0. The minimum atomic E-state index is -3.48. The molecule has 27 heavy (non-hydrogen) atoms. The molecule has 1 aliphatic rings. The molecule has 0 aliphatic carbocycles. The Morgan fingerprint density at radius 2 is 1.74 bits per heavy atom. The third-order valence-corrected chi connectivity index (χ3v) is 6.62. The molecule has 1 N–H and O–H groups in total. The SMILES string of the molecule is CN(C)S(=O)(=O)c1ccc(NC(=O)CSc2ccc3c(c2)OCCO3)cc1. The summed E-state index contributed by atoms with van der Waals surface area (Å²) in [4.78, 5) is 13.2. The molecule has 0 saturated carbocycles. The Morgan fingerprint density at radius 3 is 2.41 bits per heavy atom. The minimum Gasteiger partial charge on any atom is -0.486 e. The van der Waals surface area contributed by atoms with Crippen LogP contribution in [0.4, 0.5) is 5.69 Å². The first-order chi connectivity index (χ1) is 12.9. The van der Waals surface area contributed by atoms with Gasteiger partial charge < -0.3 is 14.8 Å². The third-order valence-electron chi connectivity index (χ3n) is 3.80. The second kappa shape index (κ2) is 8.20. The number of sulfonamides is 1. The predicted molar refractivity (Wildman–Crippen MR) is 104 cm³/mol. The molecule has 7 nitrogen and oxygen atoms in total. The van der Waals surface area contributed by atoms with Crippen LogP contribution in [0.2, 0.25) is 0 Å². The summed E-state index contributed by atoms with van der Waals surface area (Å²) in [6, 6.07) is 11.7. The molecule has 0 aromatic heterocycles. The lowest BCUT2D eigenvalue weighted by molar-refractivity contribution is -0.113. The fourth-order valence-corrected chi connectivity index (χ4v) is 4.01. The Balaban J connectivity index is 1.56. The molecule has 0 atom stereocenters. The van der Waals surface area contributed by atoms with Gasteiger partial charge in [-0.05, 0) is 42.5 Å². The fourth-order valence-electron chi connectivity index (χ4n) is 2.38. The van der Waals surface area contributed by atoms with Gasteiger partial charge in [-0.1, -0.05) is 0 Å². The van der Waals surface area contributed by atoms with E-state index in [9.17, 15) is 13.2 Å². The highest BCUT2D eigenvalue weighted by atomic mass is 32.2. The van der Waals surface area contributed by atoms with Gasteiger partial charge in [-0.3, -0.25) is 4.79 Å². The van der Waals surface area contributed by atoms with Crippen LogP contribution in [0.5, 0.6) is 11.5 Å². The van der Waals surface area contributed by atoms with E-state index in [0.29, 0.717) is 30.4 Å². The zero-order valence-electron chi connectivity index (χ0n) is 15.0. The van der Waals surface area contributed by atoms with Gasteiger partial charge in [0.2, 0.25) is 15.9 Å². The number of carbonyl (C=O) groups excluding carboxylic acids is 1. The Morgan fingerprint density at radius 1 is 1.07 bits per heavy atom. The number of fused-ring (bicyclic) bond motifs is 1. The number of nitrogens with zero attached hydrogens (tertiary/aromatic N) is 1.